The number of pyridine rings is 1. The monoisotopic (exact) mass is 256 g/mol. The lowest BCUT2D eigenvalue weighted by Gasteiger charge is -2.11. The molecule has 3 nitrogen and oxygen atoms in total. The van der Waals surface area contributed by atoms with Crippen molar-refractivity contribution >= 4 is 10.9 Å². The van der Waals surface area contributed by atoms with Crippen molar-refractivity contribution in [1.82, 2.24) is 10.3 Å². The average Bonchev–Trinajstić information content (AvgIpc) is 2.90. The van der Waals surface area contributed by atoms with Gasteiger partial charge in [0.2, 0.25) is 0 Å². The lowest BCUT2D eigenvalue weighted by atomic mass is 10.1. The van der Waals surface area contributed by atoms with Gasteiger partial charge in [-0.15, -0.1) is 0 Å². The van der Waals surface area contributed by atoms with E-state index in [0.717, 1.165) is 16.5 Å². The highest BCUT2D eigenvalue weighted by Crippen LogP contribution is 2.18. The van der Waals surface area contributed by atoms with E-state index < -0.39 is 0 Å². The van der Waals surface area contributed by atoms with E-state index in [9.17, 15) is 4.79 Å². The predicted octanol–water partition coefficient (Wildman–Crippen LogP) is 2.87. The van der Waals surface area contributed by atoms with Crippen molar-refractivity contribution in [3.8, 4) is 0 Å². The third kappa shape index (κ3) is 2.71. The molecule has 3 rings (SSSR count). The zero-order valence-electron chi connectivity index (χ0n) is 11.3. The second-order valence-electron chi connectivity index (χ2n) is 5.58. The van der Waals surface area contributed by atoms with Gasteiger partial charge in [0, 0.05) is 23.7 Å². The third-order valence-electron chi connectivity index (χ3n) is 4.01. The predicted molar refractivity (Wildman–Crippen MR) is 78.4 cm³/mol. The number of benzene rings is 1. The first-order chi connectivity index (χ1) is 9.22. The molecule has 1 aromatic carbocycles. The van der Waals surface area contributed by atoms with Gasteiger partial charge in [0.05, 0.1) is 0 Å². The van der Waals surface area contributed by atoms with Crippen LogP contribution in [0.2, 0.25) is 0 Å². The lowest BCUT2D eigenvalue weighted by Crippen LogP contribution is -2.28. The first-order valence-corrected chi connectivity index (χ1v) is 7.08. The van der Waals surface area contributed by atoms with E-state index in [0.29, 0.717) is 12.6 Å². The summed E-state index contributed by atoms with van der Waals surface area (Å²) in [7, 11) is 0. The Morgan fingerprint density at radius 1 is 1.26 bits per heavy atom. The van der Waals surface area contributed by atoms with Crippen molar-refractivity contribution in [1.29, 1.82) is 0 Å². The number of hydrogen-bond acceptors (Lipinski definition) is 2. The molecule has 0 atom stereocenters. The Kier molecular flexibility index (Phi) is 3.38. The summed E-state index contributed by atoms with van der Waals surface area (Å²) in [5.41, 5.74) is 3.00. The first-order valence-electron chi connectivity index (χ1n) is 7.08. The van der Waals surface area contributed by atoms with Crippen molar-refractivity contribution in [3.05, 3.63) is 45.7 Å². The maximum absolute atomic E-state index is 12.0. The standard InChI is InChI=1S/C16H20N2O/c1-11-6-7-15-12(8-11)9-13(16(19)18-15)10-17-14-4-2-3-5-14/h6-9,14,17H,2-5,10H2,1H3,(H,18,19). The van der Waals surface area contributed by atoms with Crippen LogP contribution < -0.4 is 10.9 Å². The van der Waals surface area contributed by atoms with Gasteiger partial charge < -0.3 is 10.3 Å². The molecular weight excluding hydrogens is 236 g/mol. The molecule has 0 aliphatic heterocycles. The first kappa shape index (κ1) is 12.4. The molecular formula is C16H20N2O. The van der Waals surface area contributed by atoms with E-state index in [-0.39, 0.29) is 5.56 Å². The molecule has 1 fully saturated rings. The van der Waals surface area contributed by atoms with Crippen LogP contribution >= 0.6 is 0 Å². The molecule has 2 aromatic rings. The minimum absolute atomic E-state index is 0.0295. The number of H-pyrrole nitrogens is 1. The summed E-state index contributed by atoms with van der Waals surface area (Å²) in [6.45, 7) is 2.74. The van der Waals surface area contributed by atoms with Crippen LogP contribution in [0.15, 0.2) is 29.1 Å². The van der Waals surface area contributed by atoms with Crippen LogP contribution in [0.5, 0.6) is 0 Å². The molecule has 0 unspecified atom stereocenters. The molecule has 1 heterocycles. The molecule has 0 spiro atoms. The summed E-state index contributed by atoms with van der Waals surface area (Å²) >= 11 is 0. The molecule has 0 bridgehead atoms. The highest BCUT2D eigenvalue weighted by atomic mass is 16.1. The van der Waals surface area contributed by atoms with Crippen LogP contribution in [0.1, 0.15) is 36.8 Å². The Morgan fingerprint density at radius 3 is 2.84 bits per heavy atom. The van der Waals surface area contributed by atoms with Crippen molar-refractivity contribution in [2.75, 3.05) is 0 Å². The van der Waals surface area contributed by atoms with Gasteiger partial charge in [0.15, 0.2) is 0 Å². The summed E-state index contributed by atoms with van der Waals surface area (Å²) < 4.78 is 0. The number of fused-ring (bicyclic) bond motifs is 1. The summed E-state index contributed by atoms with van der Waals surface area (Å²) in [4.78, 5) is 15.0. The highest BCUT2D eigenvalue weighted by molar-refractivity contribution is 5.79. The van der Waals surface area contributed by atoms with Gasteiger partial charge in [-0.2, -0.15) is 0 Å². The fourth-order valence-corrected chi connectivity index (χ4v) is 2.89. The van der Waals surface area contributed by atoms with Gasteiger partial charge >= 0.3 is 0 Å². The summed E-state index contributed by atoms with van der Waals surface area (Å²) in [5.74, 6) is 0. The molecule has 1 saturated carbocycles. The van der Waals surface area contributed by atoms with Gasteiger partial charge in [-0.3, -0.25) is 4.79 Å². The fourth-order valence-electron chi connectivity index (χ4n) is 2.89. The minimum Gasteiger partial charge on any atom is -0.322 e. The summed E-state index contributed by atoms with van der Waals surface area (Å²) in [6, 6.07) is 8.72. The topological polar surface area (TPSA) is 44.9 Å². The largest absolute Gasteiger partial charge is 0.322 e. The molecule has 2 N–H and O–H groups in total. The molecule has 3 heteroatoms. The zero-order chi connectivity index (χ0) is 13.2. The van der Waals surface area contributed by atoms with Gasteiger partial charge in [-0.25, -0.2) is 0 Å². The molecule has 1 aromatic heterocycles. The maximum Gasteiger partial charge on any atom is 0.252 e. The number of aryl methyl sites for hydroxylation is 1. The van der Waals surface area contributed by atoms with Crippen LogP contribution in [-0.2, 0) is 6.54 Å². The Labute approximate surface area is 113 Å². The average molecular weight is 256 g/mol. The van der Waals surface area contributed by atoms with E-state index >= 15 is 0 Å². The van der Waals surface area contributed by atoms with Gasteiger partial charge in [-0.05, 0) is 43.4 Å². The number of nitrogens with one attached hydrogen (secondary N) is 2. The van der Waals surface area contributed by atoms with Gasteiger partial charge in [0.25, 0.3) is 5.56 Å². The van der Waals surface area contributed by atoms with Crippen LogP contribution in [-0.4, -0.2) is 11.0 Å². The van der Waals surface area contributed by atoms with Crippen molar-refractivity contribution in [2.24, 2.45) is 0 Å². The molecule has 19 heavy (non-hydrogen) atoms. The van der Waals surface area contributed by atoms with E-state index in [1.807, 2.05) is 18.2 Å². The van der Waals surface area contributed by atoms with E-state index in [1.165, 1.54) is 31.2 Å². The van der Waals surface area contributed by atoms with Gasteiger partial charge in [0.1, 0.15) is 0 Å². The third-order valence-corrected chi connectivity index (χ3v) is 4.01. The van der Waals surface area contributed by atoms with Crippen LogP contribution in [0, 0.1) is 6.92 Å². The van der Waals surface area contributed by atoms with Crippen molar-refractivity contribution in [3.63, 3.8) is 0 Å². The second kappa shape index (κ2) is 5.17. The van der Waals surface area contributed by atoms with E-state index in [4.69, 9.17) is 0 Å². The van der Waals surface area contributed by atoms with Crippen molar-refractivity contribution in [2.45, 2.75) is 45.2 Å². The molecule has 1 aliphatic carbocycles. The fraction of sp³-hybridized carbons (Fsp3) is 0.438. The Balaban J connectivity index is 1.85. The minimum atomic E-state index is 0.0295. The molecule has 0 saturated heterocycles. The van der Waals surface area contributed by atoms with Gasteiger partial charge in [-0.1, -0.05) is 24.5 Å². The van der Waals surface area contributed by atoms with E-state index in [1.54, 1.807) is 0 Å². The maximum atomic E-state index is 12.0. The van der Waals surface area contributed by atoms with Crippen LogP contribution in [0.4, 0.5) is 0 Å². The number of hydrogen-bond donors (Lipinski definition) is 2. The smallest absolute Gasteiger partial charge is 0.252 e. The normalized spacial score (nSPS) is 16.3. The number of aromatic amines is 1. The Morgan fingerprint density at radius 2 is 2.05 bits per heavy atom. The Bertz CT molecular complexity index is 639. The molecule has 1 aliphatic rings. The number of aromatic nitrogens is 1. The lowest BCUT2D eigenvalue weighted by molar-refractivity contribution is 0.523. The number of rotatable bonds is 3. The second-order valence-corrected chi connectivity index (χ2v) is 5.58. The molecule has 100 valence electrons. The molecule has 0 radical (unpaired) electrons. The summed E-state index contributed by atoms with van der Waals surface area (Å²) in [5, 5.41) is 4.61. The SMILES string of the molecule is Cc1ccc2[nH]c(=O)c(CNC3CCCC3)cc2c1. The quantitative estimate of drug-likeness (QED) is 0.887. The Hall–Kier alpha value is -1.61. The van der Waals surface area contributed by atoms with Crippen LogP contribution in [0.25, 0.3) is 10.9 Å². The van der Waals surface area contributed by atoms with Crippen molar-refractivity contribution < 1.29 is 0 Å². The summed E-state index contributed by atoms with van der Waals surface area (Å²) in [6.07, 6.45) is 5.10. The van der Waals surface area contributed by atoms with E-state index in [2.05, 4.69) is 23.3 Å². The highest BCUT2D eigenvalue weighted by Gasteiger charge is 2.14. The molecule has 0 amide bonds. The van der Waals surface area contributed by atoms with Crippen LogP contribution in [0.3, 0.4) is 0 Å². The zero-order valence-corrected chi connectivity index (χ0v) is 11.3.